The zero-order valence-electron chi connectivity index (χ0n) is 13.8. The Labute approximate surface area is 167 Å². The molecule has 1 fully saturated rings. The van der Waals surface area contributed by atoms with Crippen LogP contribution in [0.1, 0.15) is 31.4 Å². The third kappa shape index (κ3) is 4.33. The normalized spacial score (nSPS) is 15.4. The van der Waals surface area contributed by atoms with Crippen LogP contribution in [0.15, 0.2) is 45.8 Å². The molecular formula is C18H21IN4OS. The van der Waals surface area contributed by atoms with Gasteiger partial charge in [0.2, 0.25) is 0 Å². The molecule has 1 aliphatic rings. The number of para-hydroxylation sites is 1. The molecule has 2 aromatic heterocycles. The number of halogens is 1. The zero-order valence-corrected chi connectivity index (χ0v) is 16.9. The molecule has 1 aromatic carbocycles. The number of benzene rings is 1. The average molecular weight is 468 g/mol. The Balaban J connectivity index is 0.00000182. The summed E-state index contributed by atoms with van der Waals surface area (Å²) in [5, 5.41) is 4.17. The van der Waals surface area contributed by atoms with E-state index in [1.54, 1.807) is 11.3 Å². The van der Waals surface area contributed by atoms with E-state index in [2.05, 4.69) is 21.4 Å². The van der Waals surface area contributed by atoms with Gasteiger partial charge in [0, 0.05) is 6.04 Å². The minimum absolute atomic E-state index is 0. The number of nitrogens with one attached hydrogen (secondary N) is 1. The molecule has 3 aromatic rings. The largest absolute Gasteiger partial charge is 0.457 e. The lowest BCUT2D eigenvalue weighted by Crippen LogP contribution is -2.38. The molecule has 0 amide bonds. The number of rotatable bonds is 4. The molecule has 0 saturated heterocycles. The molecule has 0 atom stereocenters. The fourth-order valence-corrected chi connectivity index (χ4v) is 3.97. The molecule has 0 bridgehead atoms. The van der Waals surface area contributed by atoms with Crippen molar-refractivity contribution in [1.29, 1.82) is 0 Å². The van der Waals surface area contributed by atoms with Crippen LogP contribution in [0.3, 0.4) is 0 Å². The highest BCUT2D eigenvalue weighted by Gasteiger charge is 2.15. The predicted octanol–water partition coefficient (Wildman–Crippen LogP) is 4.52. The number of nitrogens with zero attached hydrogens (tertiary/aromatic N) is 2. The van der Waals surface area contributed by atoms with Gasteiger partial charge < -0.3 is 15.5 Å². The van der Waals surface area contributed by atoms with Crippen LogP contribution in [-0.4, -0.2) is 17.0 Å². The molecule has 3 N–H and O–H groups in total. The van der Waals surface area contributed by atoms with E-state index in [0.717, 1.165) is 26.7 Å². The average Bonchev–Trinajstić information content (AvgIpc) is 3.32. The molecule has 132 valence electrons. The summed E-state index contributed by atoms with van der Waals surface area (Å²) >= 11 is 1.63. The molecule has 1 aliphatic carbocycles. The summed E-state index contributed by atoms with van der Waals surface area (Å²) in [7, 11) is 0. The molecule has 2 heterocycles. The first kappa shape index (κ1) is 18.2. The maximum atomic E-state index is 5.96. The molecule has 25 heavy (non-hydrogen) atoms. The zero-order chi connectivity index (χ0) is 16.4. The number of hydrogen-bond acceptors (Lipinski definition) is 4. The number of hydrogen-bond donors (Lipinski definition) is 2. The van der Waals surface area contributed by atoms with Crippen molar-refractivity contribution in [3.05, 3.63) is 42.2 Å². The third-order valence-corrected chi connectivity index (χ3v) is 5.33. The van der Waals surface area contributed by atoms with Crippen LogP contribution in [0, 0.1) is 0 Å². The van der Waals surface area contributed by atoms with Crippen LogP contribution < -0.4 is 11.1 Å². The summed E-state index contributed by atoms with van der Waals surface area (Å²) in [6.45, 7) is 0.441. The lowest BCUT2D eigenvalue weighted by Gasteiger charge is -2.11. The first-order valence-corrected chi connectivity index (χ1v) is 9.11. The van der Waals surface area contributed by atoms with Crippen LogP contribution in [0.4, 0.5) is 0 Å². The van der Waals surface area contributed by atoms with Gasteiger partial charge in [0.1, 0.15) is 12.3 Å². The maximum absolute atomic E-state index is 5.96. The number of thiazole rings is 1. The van der Waals surface area contributed by atoms with E-state index in [9.17, 15) is 0 Å². The minimum atomic E-state index is 0. The maximum Gasteiger partial charge on any atom is 0.189 e. The standard InChI is InChI=1S/C18H20N4OS.HI/c19-18(21-12-5-1-2-6-12)20-11-13-9-10-15(23-13)17-22-14-7-3-4-8-16(14)24-17;/h3-4,7-10,12H,1-2,5-6,11H2,(H3,19,20,21);1H. The van der Waals surface area contributed by atoms with E-state index in [0.29, 0.717) is 18.5 Å². The van der Waals surface area contributed by atoms with Gasteiger partial charge in [-0.2, -0.15) is 0 Å². The smallest absolute Gasteiger partial charge is 0.189 e. The lowest BCUT2D eigenvalue weighted by molar-refractivity contribution is 0.524. The van der Waals surface area contributed by atoms with Crippen molar-refractivity contribution in [2.45, 2.75) is 38.3 Å². The topological polar surface area (TPSA) is 76.4 Å². The first-order valence-electron chi connectivity index (χ1n) is 8.29. The number of aliphatic imine (C=N–C) groups is 1. The van der Waals surface area contributed by atoms with E-state index >= 15 is 0 Å². The van der Waals surface area contributed by atoms with Crippen molar-refractivity contribution in [2.24, 2.45) is 10.7 Å². The van der Waals surface area contributed by atoms with Crippen LogP contribution >= 0.6 is 35.3 Å². The summed E-state index contributed by atoms with van der Waals surface area (Å²) in [5.74, 6) is 2.07. The van der Waals surface area contributed by atoms with Crippen molar-refractivity contribution in [3.8, 4) is 10.8 Å². The Morgan fingerprint density at radius 1 is 1.24 bits per heavy atom. The van der Waals surface area contributed by atoms with Gasteiger partial charge in [-0.1, -0.05) is 25.0 Å². The van der Waals surface area contributed by atoms with Crippen molar-refractivity contribution < 1.29 is 4.42 Å². The molecule has 1 saturated carbocycles. The molecule has 0 radical (unpaired) electrons. The number of fused-ring (bicyclic) bond motifs is 1. The van der Waals surface area contributed by atoms with E-state index in [-0.39, 0.29) is 24.0 Å². The second-order valence-electron chi connectivity index (χ2n) is 6.08. The second kappa shape index (κ2) is 8.18. The van der Waals surface area contributed by atoms with Crippen molar-refractivity contribution in [1.82, 2.24) is 10.3 Å². The summed E-state index contributed by atoms with van der Waals surface area (Å²) in [5.41, 5.74) is 6.96. The van der Waals surface area contributed by atoms with Crippen molar-refractivity contribution >= 4 is 51.5 Å². The summed E-state index contributed by atoms with van der Waals surface area (Å²) in [6.07, 6.45) is 4.90. The SMILES string of the molecule is I.NC(=NCc1ccc(-c2nc3ccccc3s2)o1)NC1CCCC1. The van der Waals surface area contributed by atoms with Gasteiger partial charge in [0.15, 0.2) is 16.7 Å². The van der Waals surface area contributed by atoms with E-state index in [1.165, 1.54) is 25.7 Å². The highest BCUT2D eigenvalue weighted by Crippen LogP contribution is 2.31. The van der Waals surface area contributed by atoms with Gasteiger partial charge in [0.25, 0.3) is 0 Å². The van der Waals surface area contributed by atoms with Crippen LogP contribution in [-0.2, 0) is 6.54 Å². The molecular weight excluding hydrogens is 447 g/mol. The monoisotopic (exact) mass is 468 g/mol. The third-order valence-electron chi connectivity index (χ3n) is 4.28. The fraction of sp³-hybridized carbons (Fsp3) is 0.333. The Hall–Kier alpha value is -1.61. The fourth-order valence-electron chi connectivity index (χ4n) is 3.04. The summed E-state index contributed by atoms with van der Waals surface area (Å²) < 4.78 is 7.04. The van der Waals surface area contributed by atoms with E-state index in [1.807, 2.05) is 30.3 Å². The molecule has 0 spiro atoms. The van der Waals surface area contributed by atoms with E-state index in [4.69, 9.17) is 10.2 Å². The lowest BCUT2D eigenvalue weighted by atomic mass is 10.2. The van der Waals surface area contributed by atoms with Crippen LogP contribution in [0.25, 0.3) is 21.0 Å². The summed E-state index contributed by atoms with van der Waals surface area (Å²) in [6, 6.07) is 12.5. The van der Waals surface area contributed by atoms with Gasteiger partial charge in [-0.3, -0.25) is 0 Å². The Bertz CT molecular complexity index is 834. The molecule has 7 heteroatoms. The van der Waals surface area contributed by atoms with Gasteiger partial charge in [0.05, 0.1) is 10.2 Å². The van der Waals surface area contributed by atoms with Gasteiger partial charge in [-0.15, -0.1) is 35.3 Å². The first-order chi connectivity index (χ1) is 11.8. The number of aromatic nitrogens is 1. The molecule has 0 aliphatic heterocycles. The van der Waals surface area contributed by atoms with Crippen molar-refractivity contribution in [2.75, 3.05) is 0 Å². The van der Waals surface area contributed by atoms with Crippen LogP contribution in [0.5, 0.6) is 0 Å². The van der Waals surface area contributed by atoms with Gasteiger partial charge >= 0.3 is 0 Å². The summed E-state index contributed by atoms with van der Waals surface area (Å²) in [4.78, 5) is 8.99. The molecule has 5 nitrogen and oxygen atoms in total. The van der Waals surface area contributed by atoms with Crippen LogP contribution in [0.2, 0.25) is 0 Å². The Morgan fingerprint density at radius 2 is 2.04 bits per heavy atom. The molecule has 4 rings (SSSR count). The highest BCUT2D eigenvalue weighted by atomic mass is 127. The number of guanidine groups is 1. The highest BCUT2D eigenvalue weighted by molar-refractivity contribution is 14.0. The number of nitrogens with two attached hydrogens (primary N) is 1. The van der Waals surface area contributed by atoms with Gasteiger partial charge in [-0.05, 0) is 37.1 Å². The Kier molecular flexibility index (Phi) is 5.95. The predicted molar refractivity (Wildman–Crippen MR) is 113 cm³/mol. The van der Waals surface area contributed by atoms with Gasteiger partial charge in [-0.25, -0.2) is 9.98 Å². The molecule has 0 unspecified atom stereocenters. The second-order valence-corrected chi connectivity index (χ2v) is 7.11. The number of furan rings is 1. The van der Waals surface area contributed by atoms with Crippen molar-refractivity contribution in [3.63, 3.8) is 0 Å². The Morgan fingerprint density at radius 3 is 2.84 bits per heavy atom. The quantitative estimate of drug-likeness (QED) is 0.336. The van der Waals surface area contributed by atoms with E-state index < -0.39 is 0 Å². The minimum Gasteiger partial charge on any atom is -0.457 e.